The van der Waals surface area contributed by atoms with Crippen LogP contribution in [0.1, 0.15) is 24.1 Å². The lowest BCUT2D eigenvalue weighted by atomic mass is 10.3. The second kappa shape index (κ2) is 3.69. The number of aromatic nitrogens is 4. The molecule has 2 aromatic rings. The number of H-pyrrole nitrogens is 1. The molecule has 0 aromatic carbocycles. The van der Waals surface area contributed by atoms with E-state index in [1.54, 1.807) is 0 Å². The predicted molar refractivity (Wildman–Crippen MR) is 67.2 cm³/mol. The molecule has 3 heterocycles. The number of nitrogens with one attached hydrogen (secondary N) is 2. The van der Waals surface area contributed by atoms with Crippen molar-refractivity contribution in [1.82, 2.24) is 20.2 Å². The van der Waals surface area contributed by atoms with Crippen LogP contribution in [0.25, 0.3) is 0 Å². The minimum Gasteiger partial charge on any atom is -0.351 e. The quantitative estimate of drug-likeness (QED) is 0.848. The minimum absolute atomic E-state index is 0.578. The van der Waals surface area contributed by atoms with Gasteiger partial charge >= 0.3 is 0 Å². The predicted octanol–water partition coefficient (Wildman–Crippen LogP) is 1.29. The topological polar surface area (TPSA) is 69.7 Å². The van der Waals surface area contributed by atoms with E-state index in [0.29, 0.717) is 6.04 Å². The van der Waals surface area contributed by atoms with Crippen molar-refractivity contribution in [2.75, 3.05) is 10.2 Å². The van der Waals surface area contributed by atoms with Gasteiger partial charge in [0.15, 0.2) is 0 Å². The lowest BCUT2D eigenvalue weighted by Gasteiger charge is -2.16. The van der Waals surface area contributed by atoms with Crippen molar-refractivity contribution in [3.63, 3.8) is 0 Å². The average molecular weight is 242 g/mol. The maximum Gasteiger partial charge on any atom is 0.224 e. The molecule has 0 spiro atoms. The second-order valence-electron chi connectivity index (χ2n) is 4.87. The molecule has 0 unspecified atom stereocenters. The molecule has 2 N–H and O–H groups in total. The maximum absolute atomic E-state index is 4.56. The summed E-state index contributed by atoms with van der Waals surface area (Å²) in [4.78, 5) is 11.0. The van der Waals surface area contributed by atoms with Gasteiger partial charge in [0.2, 0.25) is 5.95 Å². The van der Waals surface area contributed by atoms with E-state index >= 15 is 0 Å². The molecule has 4 rings (SSSR count). The molecule has 6 heteroatoms. The lowest BCUT2D eigenvalue weighted by Crippen LogP contribution is -2.18. The van der Waals surface area contributed by atoms with E-state index in [0.717, 1.165) is 30.5 Å². The number of nitrogens with zero attached hydrogens (tertiary/aromatic N) is 4. The zero-order chi connectivity index (χ0) is 11.9. The number of fused-ring (bicyclic) bond motifs is 1. The van der Waals surface area contributed by atoms with Crippen LogP contribution in [0.15, 0.2) is 18.5 Å². The van der Waals surface area contributed by atoms with Gasteiger partial charge in [-0.2, -0.15) is 10.1 Å². The van der Waals surface area contributed by atoms with Crippen LogP contribution >= 0.6 is 0 Å². The van der Waals surface area contributed by atoms with Gasteiger partial charge in [0, 0.05) is 30.5 Å². The van der Waals surface area contributed by atoms with E-state index in [1.807, 2.05) is 18.5 Å². The molecule has 1 aliphatic heterocycles. The lowest BCUT2D eigenvalue weighted by molar-refractivity contribution is 0.821. The molecule has 1 saturated carbocycles. The van der Waals surface area contributed by atoms with Gasteiger partial charge in [0.25, 0.3) is 0 Å². The summed E-state index contributed by atoms with van der Waals surface area (Å²) in [6, 6.07) is 2.53. The Balaban J connectivity index is 1.55. The van der Waals surface area contributed by atoms with Gasteiger partial charge in [0.05, 0.1) is 12.2 Å². The van der Waals surface area contributed by atoms with Crippen molar-refractivity contribution in [1.29, 1.82) is 0 Å². The zero-order valence-corrected chi connectivity index (χ0v) is 9.93. The molecule has 92 valence electrons. The first-order chi connectivity index (χ1) is 8.88. The summed E-state index contributed by atoms with van der Waals surface area (Å²) in [7, 11) is 0. The highest BCUT2D eigenvalue weighted by Gasteiger charge is 2.24. The molecular formula is C12H14N6. The van der Waals surface area contributed by atoms with Crippen LogP contribution in [-0.4, -0.2) is 26.2 Å². The highest BCUT2D eigenvalue weighted by molar-refractivity contribution is 5.47. The molecule has 0 bridgehead atoms. The first kappa shape index (κ1) is 9.87. The van der Waals surface area contributed by atoms with Crippen LogP contribution < -0.4 is 10.2 Å². The van der Waals surface area contributed by atoms with Crippen LogP contribution in [0.4, 0.5) is 11.8 Å². The normalized spacial score (nSPS) is 17.9. The van der Waals surface area contributed by atoms with Crippen LogP contribution in [-0.2, 0) is 13.1 Å². The van der Waals surface area contributed by atoms with Crippen molar-refractivity contribution in [2.24, 2.45) is 0 Å². The number of rotatable bonds is 3. The van der Waals surface area contributed by atoms with Crippen molar-refractivity contribution < 1.29 is 0 Å². The monoisotopic (exact) mass is 242 g/mol. The maximum atomic E-state index is 4.56. The number of hydrogen-bond acceptors (Lipinski definition) is 5. The second-order valence-corrected chi connectivity index (χ2v) is 4.87. The average Bonchev–Trinajstić information content (AvgIpc) is 2.93. The summed E-state index contributed by atoms with van der Waals surface area (Å²) in [6.07, 6.45) is 6.23. The van der Waals surface area contributed by atoms with Crippen molar-refractivity contribution in [3.05, 3.63) is 29.7 Å². The van der Waals surface area contributed by atoms with Crippen LogP contribution in [0, 0.1) is 0 Å². The summed E-state index contributed by atoms with van der Waals surface area (Å²) in [6.45, 7) is 1.68. The first-order valence-electron chi connectivity index (χ1n) is 6.24. The molecule has 0 atom stereocenters. The summed E-state index contributed by atoms with van der Waals surface area (Å²) >= 11 is 0. The Morgan fingerprint density at radius 3 is 3.11 bits per heavy atom. The standard InChI is InChI=1S/C12H14N6/c1-2-9(1)15-12-13-4-3-11(16-12)18-6-8-5-14-17-10(8)7-18/h3-5,9H,1-2,6-7H2,(H,14,17)(H,13,15,16). The summed E-state index contributed by atoms with van der Waals surface area (Å²) in [5.41, 5.74) is 2.37. The fraction of sp³-hybridized carbons (Fsp3) is 0.417. The van der Waals surface area contributed by atoms with Gasteiger partial charge < -0.3 is 10.2 Å². The van der Waals surface area contributed by atoms with E-state index in [-0.39, 0.29) is 0 Å². The molecule has 0 radical (unpaired) electrons. The third kappa shape index (κ3) is 1.70. The number of aromatic amines is 1. The summed E-state index contributed by atoms with van der Waals surface area (Å²) < 4.78 is 0. The smallest absolute Gasteiger partial charge is 0.224 e. The minimum atomic E-state index is 0.578. The van der Waals surface area contributed by atoms with E-state index < -0.39 is 0 Å². The van der Waals surface area contributed by atoms with Crippen molar-refractivity contribution in [2.45, 2.75) is 32.0 Å². The fourth-order valence-corrected chi connectivity index (χ4v) is 2.23. The zero-order valence-electron chi connectivity index (χ0n) is 9.93. The summed E-state index contributed by atoms with van der Waals surface area (Å²) in [5.74, 6) is 1.70. The van der Waals surface area contributed by atoms with Gasteiger partial charge in [-0.25, -0.2) is 4.98 Å². The van der Waals surface area contributed by atoms with Crippen molar-refractivity contribution >= 4 is 11.8 Å². The van der Waals surface area contributed by atoms with E-state index in [9.17, 15) is 0 Å². The van der Waals surface area contributed by atoms with Gasteiger partial charge in [-0.3, -0.25) is 5.10 Å². The molecule has 1 fully saturated rings. The molecule has 6 nitrogen and oxygen atoms in total. The Morgan fingerprint density at radius 2 is 2.28 bits per heavy atom. The van der Waals surface area contributed by atoms with Gasteiger partial charge in [0.1, 0.15) is 5.82 Å². The van der Waals surface area contributed by atoms with Crippen LogP contribution in [0.2, 0.25) is 0 Å². The first-order valence-corrected chi connectivity index (χ1v) is 6.24. The summed E-state index contributed by atoms with van der Waals surface area (Å²) in [5, 5.41) is 10.4. The molecule has 1 aliphatic carbocycles. The Bertz CT molecular complexity index is 553. The van der Waals surface area contributed by atoms with Crippen molar-refractivity contribution in [3.8, 4) is 0 Å². The Labute approximate surface area is 104 Å². The molecule has 0 amide bonds. The number of hydrogen-bond donors (Lipinski definition) is 2. The highest BCUT2D eigenvalue weighted by atomic mass is 15.3. The van der Waals surface area contributed by atoms with E-state index in [2.05, 4.69) is 30.4 Å². The third-order valence-corrected chi connectivity index (χ3v) is 3.39. The fourth-order valence-electron chi connectivity index (χ4n) is 2.23. The third-order valence-electron chi connectivity index (χ3n) is 3.39. The molecule has 2 aromatic heterocycles. The number of anilines is 2. The van der Waals surface area contributed by atoms with Gasteiger partial charge in [-0.15, -0.1) is 0 Å². The Hall–Kier alpha value is -2.11. The Kier molecular flexibility index (Phi) is 2.03. The molecular weight excluding hydrogens is 228 g/mol. The molecule has 2 aliphatic rings. The SMILES string of the molecule is c1cc(N2Cc3c[nH]nc3C2)nc(NC2CC2)n1. The molecule has 18 heavy (non-hydrogen) atoms. The van der Waals surface area contributed by atoms with Gasteiger partial charge in [-0.1, -0.05) is 0 Å². The van der Waals surface area contributed by atoms with E-state index in [4.69, 9.17) is 0 Å². The van der Waals surface area contributed by atoms with Gasteiger partial charge in [-0.05, 0) is 18.9 Å². The van der Waals surface area contributed by atoms with E-state index in [1.165, 1.54) is 18.4 Å². The van der Waals surface area contributed by atoms with Crippen LogP contribution in [0.5, 0.6) is 0 Å². The highest BCUT2D eigenvalue weighted by Crippen LogP contribution is 2.27. The Morgan fingerprint density at radius 1 is 1.33 bits per heavy atom. The largest absolute Gasteiger partial charge is 0.351 e. The van der Waals surface area contributed by atoms with Crippen LogP contribution in [0.3, 0.4) is 0 Å². The molecule has 0 saturated heterocycles.